The van der Waals surface area contributed by atoms with Gasteiger partial charge in [-0.05, 0) is 100 Å². The smallest absolute Gasteiger partial charge is 0.339 e. The molecule has 1 aliphatic rings. The fourth-order valence-corrected chi connectivity index (χ4v) is 5.60. The fraction of sp³-hybridized carbons (Fsp3) is 0.214. The van der Waals surface area contributed by atoms with Crippen LogP contribution in [0.3, 0.4) is 0 Å². The van der Waals surface area contributed by atoms with E-state index in [1.807, 2.05) is 6.07 Å². The van der Waals surface area contributed by atoms with E-state index in [2.05, 4.69) is 21.2 Å². The van der Waals surface area contributed by atoms with Gasteiger partial charge in [-0.15, -0.1) is 0 Å². The van der Waals surface area contributed by atoms with E-state index in [1.54, 1.807) is 30.3 Å². The van der Waals surface area contributed by atoms with Crippen LogP contribution in [0.5, 0.6) is 0 Å². The molecule has 1 N–H and O–H groups in total. The molecule has 0 spiro atoms. The first-order valence-corrected chi connectivity index (χ1v) is 14.0. The molecule has 202 valence electrons. The molecule has 3 aromatic carbocycles. The number of hydrogen-bond acceptors (Lipinski definition) is 6. The zero-order valence-electron chi connectivity index (χ0n) is 21.0. The Morgan fingerprint density at radius 1 is 1.13 bits per heavy atom. The zero-order chi connectivity index (χ0) is 27.8. The quantitative estimate of drug-likeness (QED) is 0.199. The van der Waals surface area contributed by atoms with Crippen molar-refractivity contribution in [3.8, 4) is 11.3 Å². The van der Waals surface area contributed by atoms with Crippen molar-refractivity contribution in [2.24, 2.45) is 0 Å². The predicted octanol–water partition coefficient (Wildman–Crippen LogP) is 5.56. The van der Waals surface area contributed by atoms with Crippen molar-refractivity contribution in [3.05, 3.63) is 87.1 Å². The minimum Gasteiger partial charge on any atom is -0.465 e. The Morgan fingerprint density at radius 2 is 1.85 bits per heavy atom. The first-order valence-electron chi connectivity index (χ1n) is 12.1. The van der Waals surface area contributed by atoms with Gasteiger partial charge in [0, 0.05) is 22.5 Å². The molecule has 1 saturated carbocycles. The molecule has 11 heteroatoms. The summed E-state index contributed by atoms with van der Waals surface area (Å²) in [4.78, 5) is 25.1. The van der Waals surface area contributed by atoms with Crippen molar-refractivity contribution in [2.75, 3.05) is 18.5 Å². The third-order valence-electron chi connectivity index (χ3n) is 6.70. The molecule has 1 aromatic heterocycles. The van der Waals surface area contributed by atoms with E-state index in [0.717, 1.165) is 24.0 Å². The zero-order valence-corrected chi connectivity index (χ0v) is 23.5. The Hall–Kier alpha value is -3.70. The van der Waals surface area contributed by atoms with E-state index in [0.29, 0.717) is 38.0 Å². The number of hydrogen-bond donors (Lipinski definition) is 2. The highest BCUT2D eigenvalue weighted by Crippen LogP contribution is 2.45. The summed E-state index contributed by atoms with van der Waals surface area (Å²) in [5, 5.41) is 3.24. The molecule has 0 bridgehead atoms. The molecular formula is C28H24BrFN2O6S. The molecular weight excluding hydrogens is 591 g/mol. The Labute approximate surface area is 234 Å². The van der Waals surface area contributed by atoms with E-state index < -0.39 is 22.7 Å². The number of rotatable bonds is 8. The molecule has 8 nitrogen and oxygen atoms in total. The maximum atomic E-state index is 13.6. The molecule has 0 aliphatic heterocycles. The van der Waals surface area contributed by atoms with Gasteiger partial charge in [0.05, 0.1) is 30.5 Å². The van der Waals surface area contributed by atoms with Crippen molar-refractivity contribution >= 4 is 55.4 Å². The van der Waals surface area contributed by atoms with Crippen LogP contribution in [-0.4, -0.2) is 34.5 Å². The number of esters is 1. The molecule has 1 heterocycles. The van der Waals surface area contributed by atoms with Crippen LogP contribution < -0.4 is 9.62 Å². The number of halogens is 2. The number of amides is 1. The van der Waals surface area contributed by atoms with E-state index >= 15 is 0 Å². The number of carbonyl (C=O) groups excluding carboxylic acids is 2. The lowest BCUT2D eigenvalue weighted by Gasteiger charge is -2.21. The maximum absolute atomic E-state index is 13.6. The SMILES string of the molecule is CNC(=O)c1c(-c2ccc(F)cc2)oc2cc(CN(c3ccc(Br)c(C(=O)OC)c3)[SH](=O)=O)c(C3CC3)cc12. The molecule has 4 aromatic rings. The van der Waals surface area contributed by atoms with Crippen molar-refractivity contribution < 1.29 is 31.6 Å². The highest BCUT2D eigenvalue weighted by atomic mass is 79.9. The summed E-state index contributed by atoms with van der Waals surface area (Å²) in [5.74, 6) is -0.851. The van der Waals surface area contributed by atoms with Gasteiger partial charge >= 0.3 is 5.97 Å². The highest BCUT2D eigenvalue weighted by Gasteiger charge is 2.30. The normalized spacial score (nSPS) is 13.1. The van der Waals surface area contributed by atoms with Crippen LogP contribution in [0.1, 0.15) is 50.6 Å². The van der Waals surface area contributed by atoms with E-state index in [-0.39, 0.29) is 23.9 Å². The second kappa shape index (κ2) is 10.8. The summed E-state index contributed by atoms with van der Waals surface area (Å²) in [5.41, 5.74) is 3.40. The second-order valence-electron chi connectivity index (χ2n) is 9.16. The van der Waals surface area contributed by atoms with Gasteiger partial charge in [-0.1, -0.05) is 0 Å². The summed E-state index contributed by atoms with van der Waals surface area (Å²) in [6.07, 6.45) is 1.87. The van der Waals surface area contributed by atoms with Crippen LogP contribution in [0.4, 0.5) is 10.1 Å². The number of nitrogens with zero attached hydrogens (tertiary/aromatic N) is 1. The summed E-state index contributed by atoms with van der Waals surface area (Å²) in [6.45, 7) is -0.00931. The van der Waals surface area contributed by atoms with Gasteiger partial charge in [0.1, 0.15) is 17.2 Å². The summed E-state index contributed by atoms with van der Waals surface area (Å²) >= 11 is 3.30. The number of methoxy groups -OCH3 is 1. The predicted molar refractivity (Wildman–Crippen MR) is 149 cm³/mol. The fourth-order valence-electron chi connectivity index (χ4n) is 4.61. The molecule has 0 atom stereocenters. The standard InChI is InChI=1S/C28H24BrFN2O6S/c1-31-27(33)25-22-13-20(15-3-4-15)17(11-24(22)38-26(25)16-5-7-18(30)8-6-16)14-32(39(35)36)19-9-10-23(29)21(12-19)28(34)37-2/h5-13,15,39H,3-4,14H2,1-2H3,(H,31,33). The van der Waals surface area contributed by atoms with Crippen molar-refractivity contribution in [3.63, 3.8) is 0 Å². The summed E-state index contributed by atoms with van der Waals surface area (Å²) in [6, 6.07) is 14.0. The van der Waals surface area contributed by atoms with Gasteiger partial charge < -0.3 is 14.5 Å². The third-order valence-corrected chi connectivity index (χ3v) is 8.16. The van der Waals surface area contributed by atoms with E-state index in [9.17, 15) is 22.4 Å². The van der Waals surface area contributed by atoms with Crippen LogP contribution in [0.25, 0.3) is 22.3 Å². The third kappa shape index (κ3) is 5.28. The van der Waals surface area contributed by atoms with Gasteiger partial charge in [0.2, 0.25) is 10.9 Å². The van der Waals surface area contributed by atoms with Gasteiger partial charge in [-0.3, -0.25) is 9.10 Å². The number of fused-ring (bicyclic) bond motifs is 1. The topological polar surface area (TPSA) is 106 Å². The molecule has 1 fully saturated rings. The number of furan rings is 1. The minimum absolute atomic E-state index is 0.00931. The monoisotopic (exact) mass is 614 g/mol. The van der Waals surface area contributed by atoms with E-state index in [4.69, 9.17) is 9.15 Å². The van der Waals surface area contributed by atoms with E-state index in [1.165, 1.54) is 36.7 Å². The molecule has 0 unspecified atom stereocenters. The number of thiol groups is 1. The maximum Gasteiger partial charge on any atom is 0.339 e. The Kier molecular flexibility index (Phi) is 7.46. The second-order valence-corrected chi connectivity index (χ2v) is 11.0. The first-order chi connectivity index (χ1) is 18.7. The van der Waals surface area contributed by atoms with Gasteiger partial charge in [-0.2, -0.15) is 0 Å². The number of carbonyl (C=O) groups is 2. The average molecular weight is 615 g/mol. The van der Waals surface area contributed by atoms with Crippen molar-refractivity contribution in [2.45, 2.75) is 25.3 Å². The van der Waals surface area contributed by atoms with Gasteiger partial charge in [0.15, 0.2) is 0 Å². The summed E-state index contributed by atoms with van der Waals surface area (Å²) < 4.78 is 51.1. The van der Waals surface area contributed by atoms with Crippen LogP contribution in [0, 0.1) is 5.82 Å². The lowest BCUT2D eigenvalue weighted by atomic mass is 9.97. The van der Waals surface area contributed by atoms with Crippen LogP contribution in [0.15, 0.2) is 63.5 Å². The highest BCUT2D eigenvalue weighted by molar-refractivity contribution is 9.10. The van der Waals surface area contributed by atoms with Crippen LogP contribution in [0.2, 0.25) is 0 Å². The number of nitrogens with one attached hydrogen (secondary N) is 1. The number of benzene rings is 3. The largest absolute Gasteiger partial charge is 0.465 e. The number of anilines is 1. The van der Waals surface area contributed by atoms with Gasteiger partial charge in [-0.25, -0.2) is 17.6 Å². The van der Waals surface area contributed by atoms with Crippen LogP contribution in [-0.2, 0) is 22.2 Å². The van der Waals surface area contributed by atoms with Crippen LogP contribution >= 0.6 is 15.9 Å². The van der Waals surface area contributed by atoms with Gasteiger partial charge in [0.25, 0.3) is 5.91 Å². The number of ether oxygens (including phenoxy) is 1. The first kappa shape index (κ1) is 26.9. The molecule has 5 rings (SSSR count). The molecule has 1 aliphatic carbocycles. The molecule has 0 saturated heterocycles. The Morgan fingerprint density at radius 3 is 2.46 bits per heavy atom. The molecule has 39 heavy (non-hydrogen) atoms. The molecule has 0 radical (unpaired) electrons. The Bertz CT molecular complexity index is 1670. The average Bonchev–Trinajstić information content (AvgIpc) is 3.71. The lowest BCUT2D eigenvalue weighted by Crippen LogP contribution is -2.22. The van der Waals surface area contributed by atoms with Crippen molar-refractivity contribution in [1.29, 1.82) is 0 Å². The summed E-state index contributed by atoms with van der Waals surface area (Å²) in [7, 11) is -0.307. The minimum atomic E-state index is -3.08. The Balaban J connectivity index is 1.64. The van der Waals surface area contributed by atoms with Crippen molar-refractivity contribution in [1.82, 2.24) is 5.32 Å². The lowest BCUT2D eigenvalue weighted by molar-refractivity contribution is 0.0599. The molecule has 1 amide bonds.